The maximum atomic E-state index is 13.4. The SMILES string of the molecule is CCOCCCNC(=O)c1cc(NC(=O)Nc2cc(OC)cc(OC)c2)ccc1N1CCC(Cc2ccccc2)CC1. The molecule has 9 nitrogen and oxygen atoms in total. The largest absolute Gasteiger partial charge is 0.497 e. The zero-order valence-electron chi connectivity index (χ0n) is 24.8. The van der Waals surface area contributed by atoms with Gasteiger partial charge in [0.15, 0.2) is 0 Å². The highest BCUT2D eigenvalue weighted by Gasteiger charge is 2.24. The summed E-state index contributed by atoms with van der Waals surface area (Å²) >= 11 is 0. The number of benzene rings is 3. The molecule has 1 heterocycles. The van der Waals surface area contributed by atoms with E-state index in [9.17, 15) is 9.59 Å². The Morgan fingerprint density at radius 2 is 1.57 bits per heavy atom. The maximum absolute atomic E-state index is 13.4. The van der Waals surface area contributed by atoms with Crippen LogP contribution >= 0.6 is 0 Å². The number of anilines is 3. The third-order valence-corrected chi connectivity index (χ3v) is 7.39. The number of nitrogens with zero attached hydrogens (tertiary/aromatic N) is 1. The average Bonchev–Trinajstić information content (AvgIpc) is 3.01. The van der Waals surface area contributed by atoms with E-state index >= 15 is 0 Å². The van der Waals surface area contributed by atoms with Gasteiger partial charge in [-0.1, -0.05) is 30.3 Å². The van der Waals surface area contributed by atoms with Crippen LogP contribution in [0.15, 0.2) is 66.7 Å². The summed E-state index contributed by atoms with van der Waals surface area (Å²) in [5, 5.41) is 8.69. The van der Waals surface area contributed by atoms with Gasteiger partial charge in [0.2, 0.25) is 0 Å². The highest BCUT2D eigenvalue weighted by atomic mass is 16.5. The van der Waals surface area contributed by atoms with Crippen LogP contribution in [0, 0.1) is 5.92 Å². The fourth-order valence-corrected chi connectivity index (χ4v) is 5.19. The van der Waals surface area contributed by atoms with Gasteiger partial charge in [-0.3, -0.25) is 4.79 Å². The van der Waals surface area contributed by atoms with Gasteiger partial charge in [0.1, 0.15) is 11.5 Å². The molecule has 224 valence electrons. The van der Waals surface area contributed by atoms with Crippen LogP contribution in [-0.2, 0) is 11.2 Å². The van der Waals surface area contributed by atoms with Crippen LogP contribution in [0.2, 0.25) is 0 Å². The standard InChI is InChI=1S/C33H42N4O5/c1-4-42-18-8-15-34-32(38)30-22-26(35-33(39)36-27-20-28(40-2)23-29(21-27)41-3)11-12-31(30)37-16-13-25(14-17-37)19-24-9-6-5-7-10-24/h5-7,9-12,20-23,25H,4,8,13-19H2,1-3H3,(H,34,38)(H2,35,36,39). The highest BCUT2D eigenvalue weighted by Crippen LogP contribution is 2.31. The molecule has 9 heteroatoms. The maximum Gasteiger partial charge on any atom is 0.323 e. The van der Waals surface area contributed by atoms with E-state index in [-0.39, 0.29) is 5.91 Å². The van der Waals surface area contributed by atoms with Crippen LogP contribution in [0.1, 0.15) is 42.1 Å². The summed E-state index contributed by atoms with van der Waals surface area (Å²) in [6, 6.07) is 20.8. The molecule has 3 N–H and O–H groups in total. The van der Waals surface area contributed by atoms with Gasteiger partial charge in [-0.25, -0.2) is 4.79 Å². The van der Waals surface area contributed by atoms with E-state index in [1.165, 1.54) is 5.56 Å². The van der Waals surface area contributed by atoms with E-state index in [1.54, 1.807) is 38.5 Å². The molecule has 0 radical (unpaired) electrons. The molecular formula is C33H42N4O5. The normalized spacial score (nSPS) is 13.4. The number of carbonyl (C=O) groups is 2. The van der Waals surface area contributed by atoms with E-state index in [4.69, 9.17) is 14.2 Å². The van der Waals surface area contributed by atoms with Crippen molar-refractivity contribution in [3.8, 4) is 11.5 Å². The topological polar surface area (TPSA) is 101 Å². The highest BCUT2D eigenvalue weighted by molar-refractivity contribution is 6.04. The Kier molecular flexibility index (Phi) is 11.5. The molecule has 1 aliphatic heterocycles. The Morgan fingerprint density at radius 3 is 2.24 bits per heavy atom. The molecule has 3 aromatic carbocycles. The fraction of sp³-hybridized carbons (Fsp3) is 0.394. The molecular weight excluding hydrogens is 532 g/mol. The summed E-state index contributed by atoms with van der Waals surface area (Å²) in [6.07, 6.45) is 3.90. The van der Waals surface area contributed by atoms with Crippen molar-refractivity contribution in [3.05, 3.63) is 77.9 Å². The number of methoxy groups -OCH3 is 2. The third kappa shape index (κ3) is 8.88. The second-order valence-electron chi connectivity index (χ2n) is 10.3. The first kappa shape index (κ1) is 30.7. The van der Waals surface area contributed by atoms with Gasteiger partial charge in [-0.05, 0) is 62.3 Å². The van der Waals surface area contributed by atoms with Gasteiger partial charge in [-0.2, -0.15) is 0 Å². The first-order chi connectivity index (χ1) is 20.5. The van der Waals surface area contributed by atoms with Gasteiger partial charge in [-0.15, -0.1) is 0 Å². The third-order valence-electron chi connectivity index (χ3n) is 7.39. The quantitative estimate of drug-likeness (QED) is 0.218. The number of carbonyl (C=O) groups excluding carboxylic acids is 2. The molecule has 1 aliphatic rings. The van der Waals surface area contributed by atoms with Crippen LogP contribution in [0.25, 0.3) is 0 Å². The van der Waals surface area contributed by atoms with Crippen LogP contribution in [0.5, 0.6) is 11.5 Å². The lowest BCUT2D eigenvalue weighted by Gasteiger charge is -2.35. The van der Waals surface area contributed by atoms with Gasteiger partial charge < -0.3 is 35.1 Å². The molecule has 1 fully saturated rings. The van der Waals surface area contributed by atoms with E-state index in [2.05, 4.69) is 45.1 Å². The molecule has 0 spiro atoms. The molecule has 3 amide bonds. The van der Waals surface area contributed by atoms with Gasteiger partial charge in [0, 0.05) is 68.1 Å². The summed E-state index contributed by atoms with van der Waals surface area (Å²) in [5.74, 6) is 1.56. The van der Waals surface area contributed by atoms with Crippen LogP contribution in [-0.4, -0.2) is 59.0 Å². The fourth-order valence-electron chi connectivity index (χ4n) is 5.19. The summed E-state index contributed by atoms with van der Waals surface area (Å²) in [4.78, 5) is 28.5. The van der Waals surface area contributed by atoms with Crippen LogP contribution < -0.4 is 30.3 Å². The summed E-state index contributed by atoms with van der Waals surface area (Å²) in [6.45, 7) is 5.44. The number of amides is 3. The number of nitrogens with one attached hydrogen (secondary N) is 3. The van der Waals surface area contributed by atoms with E-state index in [0.717, 1.165) is 44.5 Å². The lowest BCUT2D eigenvalue weighted by Crippen LogP contribution is -2.36. The van der Waals surface area contributed by atoms with E-state index < -0.39 is 6.03 Å². The Bertz CT molecular complexity index is 1290. The predicted octanol–water partition coefficient (Wildman–Crippen LogP) is 5.96. The van der Waals surface area contributed by atoms with Crippen molar-refractivity contribution in [3.63, 3.8) is 0 Å². The molecule has 0 unspecified atom stereocenters. The van der Waals surface area contributed by atoms with Crippen LogP contribution in [0.3, 0.4) is 0 Å². The smallest absolute Gasteiger partial charge is 0.323 e. The average molecular weight is 575 g/mol. The molecule has 42 heavy (non-hydrogen) atoms. The van der Waals surface area contributed by atoms with Crippen molar-refractivity contribution >= 4 is 29.0 Å². The Labute approximate surface area is 248 Å². The second kappa shape index (κ2) is 15.7. The summed E-state index contributed by atoms with van der Waals surface area (Å²) < 4.78 is 16.0. The lowest BCUT2D eigenvalue weighted by atomic mass is 9.89. The Morgan fingerprint density at radius 1 is 0.881 bits per heavy atom. The number of piperidine rings is 1. The molecule has 0 saturated carbocycles. The Balaban J connectivity index is 1.45. The molecule has 0 aromatic heterocycles. The van der Waals surface area contributed by atoms with Crippen molar-refractivity contribution in [1.29, 1.82) is 0 Å². The number of ether oxygens (including phenoxy) is 3. The van der Waals surface area contributed by atoms with Crippen molar-refractivity contribution in [2.24, 2.45) is 5.92 Å². The van der Waals surface area contributed by atoms with Crippen LogP contribution in [0.4, 0.5) is 21.9 Å². The predicted molar refractivity (Wildman–Crippen MR) is 167 cm³/mol. The van der Waals surface area contributed by atoms with Gasteiger partial charge in [0.25, 0.3) is 5.91 Å². The van der Waals surface area contributed by atoms with E-state index in [0.29, 0.717) is 54.1 Å². The molecule has 0 aliphatic carbocycles. The van der Waals surface area contributed by atoms with Crippen molar-refractivity contribution in [2.75, 3.05) is 62.6 Å². The second-order valence-corrected chi connectivity index (χ2v) is 10.3. The Hall–Kier alpha value is -4.24. The number of urea groups is 1. The van der Waals surface area contributed by atoms with E-state index in [1.807, 2.05) is 25.1 Å². The number of hydrogen-bond acceptors (Lipinski definition) is 6. The van der Waals surface area contributed by atoms with Crippen molar-refractivity contribution < 1.29 is 23.8 Å². The minimum atomic E-state index is -0.442. The molecule has 0 atom stereocenters. The molecule has 4 rings (SSSR count). The molecule has 1 saturated heterocycles. The summed E-state index contributed by atoms with van der Waals surface area (Å²) in [5.41, 5.74) is 3.81. The first-order valence-corrected chi connectivity index (χ1v) is 14.6. The zero-order valence-corrected chi connectivity index (χ0v) is 24.8. The number of hydrogen-bond donors (Lipinski definition) is 3. The van der Waals surface area contributed by atoms with Crippen molar-refractivity contribution in [1.82, 2.24) is 5.32 Å². The van der Waals surface area contributed by atoms with Gasteiger partial charge in [0.05, 0.1) is 19.8 Å². The lowest BCUT2D eigenvalue weighted by molar-refractivity contribution is 0.0944. The summed E-state index contributed by atoms with van der Waals surface area (Å²) in [7, 11) is 3.10. The first-order valence-electron chi connectivity index (χ1n) is 14.6. The van der Waals surface area contributed by atoms with Crippen molar-refractivity contribution in [2.45, 2.75) is 32.6 Å². The zero-order chi connectivity index (χ0) is 29.7. The minimum absolute atomic E-state index is 0.172. The number of rotatable bonds is 13. The monoisotopic (exact) mass is 574 g/mol. The molecule has 0 bridgehead atoms. The molecule has 3 aromatic rings. The minimum Gasteiger partial charge on any atom is -0.497 e. The van der Waals surface area contributed by atoms with Gasteiger partial charge >= 0.3 is 6.03 Å².